The van der Waals surface area contributed by atoms with Crippen LogP contribution in [0.1, 0.15) is 26.2 Å². The van der Waals surface area contributed by atoms with Crippen LogP contribution < -0.4 is 5.73 Å². The third-order valence-corrected chi connectivity index (χ3v) is 2.36. The van der Waals surface area contributed by atoms with E-state index in [2.05, 4.69) is 0 Å². The molecule has 1 rings (SSSR count). The number of hydrogen-bond acceptors (Lipinski definition) is 2. The molecule has 0 bridgehead atoms. The Morgan fingerprint density at radius 3 is 2.50 bits per heavy atom. The molecule has 5 heteroatoms. The van der Waals surface area contributed by atoms with Crippen molar-refractivity contribution in [2.75, 3.05) is 6.54 Å². The molecule has 0 aromatic heterocycles. The molecule has 2 N–H and O–H groups in total. The zero-order valence-corrected chi connectivity index (χ0v) is 8.25. The fourth-order valence-electron chi connectivity index (χ4n) is 1.34. The van der Waals surface area contributed by atoms with Crippen LogP contribution in [-0.4, -0.2) is 35.9 Å². The van der Waals surface area contributed by atoms with Gasteiger partial charge in [-0.05, 0) is 19.3 Å². The fraction of sp³-hybridized carbons (Fsp3) is 0.889. The minimum absolute atomic E-state index is 0.00843. The lowest BCUT2D eigenvalue weighted by Gasteiger charge is -2.24. The van der Waals surface area contributed by atoms with Crippen LogP contribution in [-0.2, 0) is 4.79 Å². The molecule has 14 heavy (non-hydrogen) atoms. The molecule has 0 saturated heterocycles. The zero-order valence-electron chi connectivity index (χ0n) is 8.25. The van der Waals surface area contributed by atoms with Crippen molar-refractivity contribution in [3.63, 3.8) is 0 Å². The van der Waals surface area contributed by atoms with Gasteiger partial charge in [-0.15, -0.1) is 0 Å². The smallest absolute Gasteiger partial charge is 0.255 e. The first-order chi connectivity index (χ1) is 6.56. The highest BCUT2D eigenvalue weighted by molar-refractivity contribution is 5.82. The highest BCUT2D eigenvalue weighted by Gasteiger charge is 2.35. The summed E-state index contributed by atoms with van der Waals surface area (Å²) >= 11 is 0. The standard InChI is InChI=1S/C9H16F2N2O/c1-2-7(12)9(14)13(5-8(10)11)6-3-4-6/h6-8H,2-5,12H2,1H3/t7-/m0/s1. The largest absolute Gasteiger partial charge is 0.333 e. The topological polar surface area (TPSA) is 46.3 Å². The van der Waals surface area contributed by atoms with Crippen molar-refractivity contribution in [3.05, 3.63) is 0 Å². The van der Waals surface area contributed by atoms with Crippen molar-refractivity contribution in [2.24, 2.45) is 5.73 Å². The predicted octanol–water partition coefficient (Wildman–Crippen LogP) is 0.980. The molecule has 1 fully saturated rings. The lowest BCUT2D eigenvalue weighted by atomic mass is 10.2. The maximum absolute atomic E-state index is 12.2. The van der Waals surface area contributed by atoms with Crippen molar-refractivity contribution in [1.29, 1.82) is 0 Å². The van der Waals surface area contributed by atoms with Gasteiger partial charge in [0, 0.05) is 6.04 Å². The Hall–Kier alpha value is -0.710. The predicted molar refractivity (Wildman–Crippen MR) is 49.0 cm³/mol. The highest BCUT2D eigenvalue weighted by Crippen LogP contribution is 2.28. The van der Waals surface area contributed by atoms with Gasteiger partial charge < -0.3 is 10.6 Å². The number of rotatable bonds is 5. The molecular formula is C9H16F2N2O. The average Bonchev–Trinajstić information content (AvgIpc) is 2.94. The number of carbonyl (C=O) groups is 1. The number of halogens is 2. The number of nitrogens with two attached hydrogens (primary N) is 1. The molecule has 1 saturated carbocycles. The van der Waals surface area contributed by atoms with Crippen LogP contribution in [0.5, 0.6) is 0 Å². The second-order valence-electron chi connectivity index (χ2n) is 3.63. The summed E-state index contributed by atoms with van der Waals surface area (Å²) in [6.07, 6.45) is -0.321. The lowest BCUT2D eigenvalue weighted by Crippen LogP contribution is -2.46. The Morgan fingerprint density at radius 1 is 1.57 bits per heavy atom. The van der Waals surface area contributed by atoms with Gasteiger partial charge >= 0.3 is 0 Å². The molecule has 1 aliphatic carbocycles. The van der Waals surface area contributed by atoms with E-state index in [4.69, 9.17) is 5.73 Å². The molecular weight excluding hydrogens is 190 g/mol. The van der Waals surface area contributed by atoms with Crippen LogP contribution in [0, 0.1) is 0 Å². The molecule has 3 nitrogen and oxygen atoms in total. The molecule has 82 valence electrons. The number of amides is 1. The van der Waals surface area contributed by atoms with Crippen molar-refractivity contribution < 1.29 is 13.6 Å². The zero-order chi connectivity index (χ0) is 10.7. The Balaban J connectivity index is 2.53. The second kappa shape index (κ2) is 4.68. The van der Waals surface area contributed by atoms with Gasteiger partial charge in [0.05, 0.1) is 12.6 Å². The first kappa shape index (κ1) is 11.4. The van der Waals surface area contributed by atoms with Crippen molar-refractivity contribution in [1.82, 2.24) is 4.90 Å². The normalized spacial score (nSPS) is 18.4. The summed E-state index contributed by atoms with van der Waals surface area (Å²) < 4.78 is 24.3. The lowest BCUT2D eigenvalue weighted by molar-refractivity contribution is -0.135. The minimum Gasteiger partial charge on any atom is -0.333 e. The van der Waals surface area contributed by atoms with E-state index in [1.54, 1.807) is 6.92 Å². The molecule has 1 amide bonds. The number of hydrogen-bond donors (Lipinski definition) is 1. The molecule has 1 aliphatic rings. The van der Waals surface area contributed by atoms with E-state index in [1.807, 2.05) is 0 Å². The minimum atomic E-state index is -2.47. The van der Waals surface area contributed by atoms with Crippen LogP contribution in [0.2, 0.25) is 0 Å². The van der Waals surface area contributed by atoms with Gasteiger partial charge in [0.15, 0.2) is 0 Å². The van der Waals surface area contributed by atoms with Gasteiger partial charge in [-0.2, -0.15) is 0 Å². The van der Waals surface area contributed by atoms with Gasteiger partial charge in [0.2, 0.25) is 5.91 Å². The van der Waals surface area contributed by atoms with Gasteiger partial charge in [-0.1, -0.05) is 6.92 Å². The number of carbonyl (C=O) groups excluding carboxylic acids is 1. The Kier molecular flexibility index (Phi) is 3.80. The summed E-state index contributed by atoms with van der Waals surface area (Å²) in [5.74, 6) is -0.338. The molecule has 0 heterocycles. The molecule has 0 unspecified atom stereocenters. The van der Waals surface area contributed by atoms with Gasteiger partial charge in [0.1, 0.15) is 0 Å². The Bertz CT molecular complexity index is 207. The van der Waals surface area contributed by atoms with E-state index in [0.717, 1.165) is 12.8 Å². The quantitative estimate of drug-likeness (QED) is 0.728. The molecule has 1 atom stereocenters. The summed E-state index contributed by atoms with van der Waals surface area (Å²) in [4.78, 5) is 12.8. The first-order valence-corrected chi connectivity index (χ1v) is 4.90. The van der Waals surface area contributed by atoms with Crippen LogP contribution >= 0.6 is 0 Å². The number of nitrogens with zero attached hydrogens (tertiary/aromatic N) is 1. The van der Waals surface area contributed by atoms with Crippen molar-refractivity contribution in [3.8, 4) is 0 Å². The molecule has 0 radical (unpaired) electrons. The van der Waals surface area contributed by atoms with Crippen LogP contribution in [0.3, 0.4) is 0 Å². The monoisotopic (exact) mass is 206 g/mol. The summed E-state index contributed by atoms with van der Waals surface area (Å²) in [5.41, 5.74) is 5.52. The molecule has 0 spiro atoms. The Labute approximate surface area is 82.2 Å². The van der Waals surface area contributed by atoms with E-state index in [9.17, 15) is 13.6 Å². The van der Waals surface area contributed by atoms with E-state index in [0.29, 0.717) is 6.42 Å². The van der Waals surface area contributed by atoms with Gasteiger partial charge in [0.25, 0.3) is 6.43 Å². The van der Waals surface area contributed by atoms with E-state index >= 15 is 0 Å². The Morgan fingerprint density at radius 2 is 2.14 bits per heavy atom. The van der Waals surface area contributed by atoms with Crippen LogP contribution in [0.4, 0.5) is 8.78 Å². The summed E-state index contributed by atoms with van der Waals surface area (Å²) in [6.45, 7) is 1.30. The van der Waals surface area contributed by atoms with E-state index < -0.39 is 19.0 Å². The van der Waals surface area contributed by atoms with Crippen molar-refractivity contribution in [2.45, 2.75) is 44.7 Å². The maximum atomic E-state index is 12.2. The summed E-state index contributed by atoms with van der Waals surface area (Å²) in [7, 11) is 0. The highest BCUT2D eigenvalue weighted by atomic mass is 19.3. The van der Waals surface area contributed by atoms with Crippen molar-refractivity contribution >= 4 is 5.91 Å². The molecule has 0 aliphatic heterocycles. The van der Waals surface area contributed by atoms with E-state index in [1.165, 1.54) is 4.90 Å². The first-order valence-electron chi connectivity index (χ1n) is 4.90. The average molecular weight is 206 g/mol. The fourth-order valence-corrected chi connectivity index (χ4v) is 1.34. The van der Waals surface area contributed by atoms with E-state index in [-0.39, 0.29) is 11.9 Å². The van der Waals surface area contributed by atoms with Crippen LogP contribution in [0.25, 0.3) is 0 Å². The van der Waals surface area contributed by atoms with Gasteiger partial charge in [-0.25, -0.2) is 8.78 Å². The van der Waals surface area contributed by atoms with Crippen LogP contribution in [0.15, 0.2) is 0 Å². The summed E-state index contributed by atoms with van der Waals surface area (Å²) in [5, 5.41) is 0. The molecule has 0 aromatic rings. The molecule has 0 aromatic carbocycles. The third kappa shape index (κ3) is 2.90. The second-order valence-corrected chi connectivity index (χ2v) is 3.63. The SMILES string of the molecule is CC[C@H](N)C(=O)N(CC(F)F)C1CC1. The summed E-state index contributed by atoms with van der Waals surface area (Å²) in [6, 6.07) is -0.622. The maximum Gasteiger partial charge on any atom is 0.255 e. The third-order valence-electron chi connectivity index (χ3n) is 2.36. The van der Waals surface area contributed by atoms with Gasteiger partial charge in [-0.3, -0.25) is 4.79 Å². The number of alkyl halides is 2.